The van der Waals surface area contributed by atoms with E-state index >= 15 is 0 Å². The van der Waals surface area contributed by atoms with Crippen LogP contribution in [0.5, 0.6) is 0 Å². The third kappa shape index (κ3) is 2.83. The quantitative estimate of drug-likeness (QED) is 0.423. The van der Waals surface area contributed by atoms with Crippen molar-refractivity contribution < 1.29 is 14.3 Å². The van der Waals surface area contributed by atoms with Crippen molar-refractivity contribution in [3.63, 3.8) is 0 Å². The summed E-state index contributed by atoms with van der Waals surface area (Å²) in [6.07, 6.45) is 9.06. The molecule has 0 aromatic rings. The lowest BCUT2D eigenvalue weighted by Gasteiger charge is -2.32. The van der Waals surface area contributed by atoms with Crippen LogP contribution in [0.25, 0.3) is 0 Å². The van der Waals surface area contributed by atoms with E-state index in [1.807, 2.05) is 37.3 Å². The van der Waals surface area contributed by atoms with Crippen LogP contribution in [-0.2, 0) is 14.3 Å². The highest BCUT2D eigenvalue weighted by Gasteiger charge is 2.31. The minimum atomic E-state index is -0.631. The molecule has 0 spiro atoms. The normalized spacial score (nSPS) is 27.6. The maximum absolute atomic E-state index is 11.3. The second-order valence-electron chi connectivity index (χ2n) is 3.84. The Labute approximate surface area is 101 Å². The molecule has 0 aromatic carbocycles. The van der Waals surface area contributed by atoms with Gasteiger partial charge in [-0.25, -0.2) is 4.79 Å². The van der Waals surface area contributed by atoms with Crippen LogP contribution in [0.4, 0.5) is 0 Å². The van der Waals surface area contributed by atoms with E-state index in [4.69, 9.17) is 10.00 Å². The number of esters is 1. The molecule has 0 heterocycles. The molecule has 0 radical (unpaired) electrons. The molecule has 0 N–H and O–H groups in total. The van der Waals surface area contributed by atoms with Crippen LogP contribution in [0, 0.1) is 17.2 Å². The molecule has 1 aliphatic carbocycles. The van der Waals surface area contributed by atoms with Gasteiger partial charge in [0, 0.05) is 13.0 Å². The largest absolute Gasteiger partial charge is 0.465 e. The van der Waals surface area contributed by atoms with E-state index in [2.05, 4.69) is 4.74 Å². The molecule has 0 aliphatic heterocycles. The predicted molar refractivity (Wildman–Crippen MR) is 62.9 cm³/mol. The number of carbonyl (C=O) groups is 1. The summed E-state index contributed by atoms with van der Waals surface area (Å²) >= 11 is 0. The fourth-order valence-electron chi connectivity index (χ4n) is 1.60. The van der Waals surface area contributed by atoms with E-state index in [1.165, 1.54) is 7.11 Å². The highest BCUT2D eigenvalue weighted by molar-refractivity contribution is 5.92. The molecule has 90 valence electrons. The molecule has 4 nitrogen and oxygen atoms in total. The van der Waals surface area contributed by atoms with Crippen LogP contribution in [0.15, 0.2) is 36.0 Å². The van der Waals surface area contributed by atoms with E-state index in [-0.39, 0.29) is 11.5 Å². The number of ether oxygens (including phenoxy) is 2. The first-order valence-corrected chi connectivity index (χ1v) is 5.19. The van der Waals surface area contributed by atoms with Crippen LogP contribution < -0.4 is 0 Å². The van der Waals surface area contributed by atoms with Gasteiger partial charge in [0.25, 0.3) is 0 Å². The minimum absolute atomic E-state index is 0.0132. The Hall–Kier alpha value is -1.86. The molecular formula is C13H15NO3. The number of nitrogens with zero attached hydrogens (tertiary/aromatic N) is 1. The summed E-state index contributed by atoms with van der Waals surface area (Å²) in [5.74, 6) is -0.805. The SMILES string of the molecule is COC(=O)C(C#N)=CC1C=CC=CC1(C)OC. The van der Waals surface area contributed by atoms with Gasteiger partial charge >= 0.3 is 5.97 Å². The third-order valence-electron chi connectivity index (χ3n) is 2.83. The summed E-state index contributed by atoms with van der Waals surface area (Å²) in [5.41, 5.74) is -0.564. The molecule has 1 aliphatic rings. The molecule has 0 saturated carbocycles. The first kappa shape index (κ1) is 13.2. The fourth-order valence-corrected chi connectivity index (χ4v) is 1.60. The predicted octanol–water partition coefficient (Wildman–Crippen LogP) is 1.76. The molecule has 17 heavy (non-hydrogen) atoms. The van der Waals surface area contributed by atoms with E-state index in [9.17, 15) is 4.79 Å². The number of methoxy groups -OCH3 is 2. The number of allylic oxidation sites excluding steroid dienone is 2. The van der Waals surface area contributed by atoms with Crippen molar-refractivity contribution in [2.24, 2.45) is 5.92 Å². The van der Waals surface area contributed by atoms with Gasteiger partial charge in [0.05, 0.1) is 12.7 Å². The molecule has 4 heteroatoms. The lowest BCUT2D eigenvalue weighted by Crippen LogP contribution is -2.34. The maximum Gasteiger partial charge on any atom is 0.348 e. The van der Waals surface area contributed by atoms with Crippen molar-refractivity contribution in [1.29, 1.82) is 5.26 Å². The standard InChI is InChI=1S/C13H15NO3/c1-13(17-3)7-5-4-6-11(13)8-10(9-14)12(15)16-2/h4-8,11H,1-3H3. The highest BCUT2D eigenvalue weighted by atomic mass is 16.5. The number of rotatable bonds is 3. The van der Waals surface area contributed by atoms with E-state index in [1.54, 1.807) is 13.2 Å². The third-order valence-corrected chi connectivity index (χ3v) is 2.83. The highest BCUT2D eigenvalue weighted by Crippen LogP contribution is 2.29. The van der Waals surface area contributed by atoms with E-state index in [0.717, 1.165) is 0 Å². The molecule has 0 amide bonds. The fraction of sp³-hybridized carbons (Fsp3) is 0.385. The summed E-state index contributed by atoms with van der Waals surface area (Å²) < 4.78 is 9.94. The van der Waals surface area contributed by atoms with E-state index < -0.39 is 11.6 Å². The maximum atomic E-state index is 11.3. The van der Waals surface area contributed by atoms with E-state index in [0.29, 0.717) is 0 Å². The second-order valence-corrected chi connectivity index (χ2v) is 3.84. The van der Waals surface area contributed by atoms with Crippen molar-refractivity contribution in [2.75, 3.05) is 14.2 Å². The van der Waals surface area contributed by atoms with Gasteiger partial charge < -0.3 is 9.47 Å². The van der Waals surface area contributed by atoms with Crippen LogP contribution in [0.1, 0.15) is 6.92 Å². The van der Waals surface area contributed by atoms with Crippen LogP contribution in [-0.4, -0.2) is 25.8 Å². The van der Waals surface area contributed by atoms with Crippen molar-refractivity contribution in [1.82, 2.24) is 0 Å². The lowest BCUT2D eigenvalue weighted by molar-refractivity contribution is -0.135. The number of carbonyl (C=O) groups excluding carboxylic acids is 1. The smallest absolute Gasteiger partial charge is 0.348 e. The lowest BCUT2D eigenvalue weighted by atomic mass is 9.84. The van der Waals surface area contributed by atoms with Gasteiger partial charge in [-0.1, -0.05) is 24.3 Å². The van der Waals surface area contributed by atoms with Gasteiger partial charge in [-0.2, -0.15) is 5.26 Å². The van der Waals surface area contributed by atoms with Crippen molar-refractivity contribution in [3.05, 3.63) is 36.0 Å². The second kappa shape index (κ2) is 5.46. The Balaban J connectivity index is 3.04. The molecular weight excluding hydrogens is 218 g/mol. The monoisotopic (exact) mass is 233 g/mol. The summed E-state index contributed by atoms with van der Waals surface area (Å²) in [5, 5.41) is 8.90. The molecule has 0 bridgehead atoms. The molecule has 0 fully saturated rings. The Morgan fingerprint density at radius 1 is 1.47 bits per heavy atom. The zero-order chi connectivity index (χ0) is 12.9. The molecule has 1 rings (SSSR count). The zero-order valence-corrected chi connectivity index (χ0v) is 10.1. The van der Waals surface area contributed by atoms with Crippen molar-refractivity contribution in [3.8, 4) is 6.07 Å². The van der Waals surface area contributed by atoms with Gasteiger partial charge in [-0.3, -0.25) is 0 Å². The summed E-state index contributed by atoms with van der Waals surface area (Å²) in [7, 11) is 2.84. The van der Waals surface area contributed by atoms with Gasteiger partial charge in [0.1, 0.15) is 11.6 Å². The van der Waals surface area contributed by atoms with Gasteiger partial charge in [0.2, 0.25) is 0 Å². The Morgan fingerprint density at radius 3 is 2.71 bits per heavy atom. The Kier molecular flexibility index (Phi) is 4.24. The van der Waals surface area contributed by atoms with Crippen LogP contribution in [0.3, 0.4) is 0 Å². The van der Waals surface area contributed by atoms with Gasteiger partial charge in [0.15, 0.2) is 0 Å². The van der Waals surface area contributed by atoms with Gasteiger partial charge in [-0.15, -0.1) is 0 Å². The number of nitriles is 1. The molecule has 2 unspecified atom stereocenters. The first-order chi connectivity index (χ1) is 8.07. The van der Waals surface area contributed by atoms with Crippen LogP contribution >= 0.6 is 0 Å². The summed E-state index contributed by atoms with van der Waals surface area (Å²) in [4.78, 5) is 11.3. The molecule has 0 aromatic heterocycles. The molecule has 0 saturated heterocycles. The first-order valence-electron chi connectivity index (χ1n) is 5.19. The Bertz CT molecular complexity index is 428. The van der Waals surface area contributed by atoms with Crippen molar-refractivity contribution in [2.45, 2.75) is 12.5 Å². The van der Waals surface area contributed by atoms with Crippen molar-refractivity contribution >= 4 is 5.97 Å². The number of hydrogen-bond donors (Lipinski definition) is 0. The van der Waals surface area contributed by atoms with Gasteiger partial charge in [-0.05, 0) is 13.0 Å². The topological polar surface area (TPSA) is 59.3 Å². The zero-order valence-electron chi connectivity index (χ0n) is 10.1. The Morgan fingerprint density at radius 2 is 2.18 bits per heavy atom. The number of hydrogen-bond acceptors (Lipinski definition) is 4. The average molecular weight is 233 g/mol. The molecule has 2 atom stereocenters. The summed E-state index contributed by atoms with van der Waals surface area (Å²) in [6, 6.07) is 1.83. The minimum Gasteiger partial charge on any atom is -0.465 e. The summed E-state index contributed by atoms with van der Waals surface area (Å²) in [6.45, 7) is 1.89. The van der Waals surface area contributed by atoms with Crippen LogP contribution in [0.2, 0.25) is 0 Å². The average Bonchev–Trinajstić information content (AvgIpc) is 2.37.